The van der Waals surface area contributed by atoms with E-state index in [0.717, 1.165) is 49.8 Å². The summed E-state index contributed by atoms with van der Waals surface area (Å²) in [6.07, 6.45) is 0.834. The molecule has 2 N–H and O–H groups in total. The summed E-state index contributed by atoms with van der Waals surface area (Å²) in [5.74, 6) is -1.57. The fraction of sp³-hybridized carbons (Fsp3) is 0.438. The second-order valence-electron chi connectivity index (χ2n) is 5.86. The first-order valence-electron chi connectivity index (χ1n) is 8.17. The summed E-state index contributed by atoms with van der Waals surface area (Å²) in [5.41, 5.74) is 0.231. The van der Waals surface area contributed by atoms with Gasteiger partial charge in [-0.3, -0.25) is 4.79 Å². The van der Waals surface area contributed by atoms with Gasteiger partial charge in [0.1, 0.15) is 5.82 Å². The SMILES string of the molecule is Cl.O=C(Nc1cc(F)ccc1SCC(F)F)c1cn(C2CCNCC2)nn1. The zero-order valence-electron chi connectivity index (χ0n) is 14.2. The summed E-state index contributed by atoms with van der Waals surface area (Å²) in [4.78, 5) is 12.8. The Labute approximate surface area is 164 Å². The third-order valence-corrected chi connectivity index (χ3v) is 5.07. The number of anilines is 1. The largest absolute Gasteiger partial charge is 0.319 e. The molecule has 2 aromatic rings. The van der Waals surface area contributed by atoms with Crippen molar-refractivity contribution in [3.63, 3.8) is 0 Å². The summed E-state index contributed by atoms with van der Waals surface area (Å²) in [5, 5.41) is 13.7. The van der Waals surface area contributed by atoms with Crippen molar-refractivity contribution in [1.29, 1.82) is 0 Å². The molecule has 0 atom stereocenters. The van der Waals surface area contributed by atoms with Crippen LogP contribution in [0.4, 0.5) is 18.9 Å². The molecule has 6 nitrogen and oxygen atoms in total. The fourth-order valence-corrected chi connectivity index (χ4v) is 3.43. The van der Waals surface area contributed by atoms with Crippen LogP contribution in [0.1, 0.15) is 29.4 Å². The molecule has 1 aliphatic rings. The van der Waals surface area contributed by atoms with E-state index < -0.39 is 23.9 Å². The molecule has 0 bridgehead atoms. The van der Waals surface area contributed by atoms with Gasteiger partial charge in [0.05, 0.1) is 23.7 Å². The van der Waals surface area contributed by atoms with Crippen molar-refractivity contribution in [2.45, 2.75) is 30.2 Å². The zero-order chi connectivity index (χ0) is 18.5. The topological polar surface area (TPSA) is 71.8 Å². The lowest BCUT2D eigenvalue weighted by Crippen LogP contribution is -2.29. The molecule has 3 rings (SSSR count). The monoisotopic (exact) mass is 421 g/mol. The van der Waals surface area contributed by atoms with Crippen LogP contribution in [0.5, 0.6) is 0 Å². The number of carbonyl (C=O) groups is 1. The summed E-state index contributed by atoms with van der Waals surface area (Å²) >= 11 is 0.849. The lowest BCUT2D eigenvalue weighted by molar-refractivity contribution is 0.102. The Kier molecular flexibility index (Phi) is 7.93. The molecule has 1 amide bonds. The quantitative estimate of drug-likeness (QED) is 0.700. The van der Waals surface area contributed by atoms with Crippen LogP contribution in [0.15, 0.2) is 29.3 Å². The molecule has 1 fully saturated rings. The van der Waals surface area contributed by atoms with Crippen LogP contribution < -0.4 is 10.6 Å². The molecule has 1 aromatic carbocycles. The molecule has 0 spiro atoms. The number of nitrogens with one attached hydrogen (secondary N) is 2. The molecule has 27 heavy (non-hydrogen) atoms. The molecule has 0 aliphatic carbocycles. The van der Waals surface area contributed by atoms with E-state index in [9.17, 15) is 18.0 Å². The standard InChI is InChI=1S/C16H18F3N5OS.ClH/c17-10-1-2-14(26-9-15(18)19)12(7-10)21-16(25)13-8-24(23-22-13)11-3-5-20-6-4-11;/h1-2,7-8,11,15,20H,3-6,9H2,(H,21,25);1H. The van der Waals surface area contributed by atoms with Crippen LogP contribution in [0, 0.1) is 5.82 Å². The zero-order valence-corrected chi connectivity index (χ0v) is 15.8. The van der Waals surface area contributed by atoms with Crippen LogP contribution in [0.2, 0.25) is 0 Å². The van der Waals surface area contributed by atoms with E-state index in [2.05, 4.69) is 20.9 Å². The third kappa shape index (κ3) is 5.85. The maximum absolute atomic E-state index is 13.5. The van der Waals surface area contributed by atoms with Crippen molar-refractivity contribution in [3.05, 3.63) is 35.9 Å². The van der Waals surface area contributed by atoms with Gasteiger partial charge in [0.2, 0.25) is 6.43 Å². The molecule has 148 valence electrons. The molecule has 1 saturated heterocycles. The highest BCUT2D eigenvalue weighted by Gasteiger charge is 2.19. The van der Waals surface area contributed by atoms with E-state index in [0.29, 0.717) is 4.90 Å². The van der Waals surface area contributed by atoms with Crippen molar-refractivity contribution < 1.29 is 18.0 Å². The molecular weight excluding hydrogens is 403 g/mol. The summed E-state index contributed by atoms with van der Waals surface area (Å²) in [7, 11) is 0. The van der Waals surface area contributed by atoms with Crippen LogP contribution in [-0.4, -0.2) is 46.2 Å². The number of halogens is 4. The molecule has 1 aromatic heterocycles. The van der Waals surface area contributed by atoms with Gasteiger partial charge < -0.3 is 10.6 Å². The minimum absolute atomic E-state index is 0. The lowest BCUT2D eigenvalue weighted by Gasteiger charge is -2.22. The third-order valence-electron chi connectivity index (χ3n) is 3.98. The van der Waals surface area contributed by atoms with Gasteiger partial charge in [0.25, 0.3) is 5.91 Å². The van der Waals surface area contributed by atoms with E-state index in [1.165, 1.54) is 6.07 Å². The van der Waals surface area contributed by atoms with Gasteiger partial charge in [0, 0.05) is 4.90 Å². The molecule has 0 saturated carbocycles. The number of benzene rings is 1. The first-order valence-corrected chi connectivity index (χ1v) is 9.16. The molecular formula is C16H19ClF3N5OS. The van der Waals surface area contributed by atoms with E-state index in [1.807, 2.05) is 0 Å². The van der Waals surface area contributed by atoms with Crippen molar-refractivity contribution in [2.75, 3.05) is 24.2 Å². The van der Waals surface area contributed by atoms with Gasteiger partial charge in [-0.05, 0) is 44.1 Å². The van der Waals surface area contributed by atoms with Gasteiger partial charge in [-0.1, -0.05) is 5.21 Å². The molecule has 2 heterocycles. The number of hydrogen-bond acceptors (Lipinski definition) is 5. The summed E-state index contributed by atoms with van der Waals surface area (Å²) < 4.78 is 40.0. The molecule has 11 heteroatoms. The van der Waals surface area contributed by atoms with Crippen molar-refractivity contribution in [2.24, 2.45) is 0 Å². The minimum atomic E-state index is -2.50. The average Bonchev–Trinajstić information content (AvgIpc) is 3.12. The number of alkyl halides is 2. The number of nitrogens with zero attached hydrogens (tertiary/aromatic N) is 3. The molecule has 0 radical (unpaired) electrons. The Hall–Kier alpha value is -1.78. The lowest BCUT2D eigenvalue weighted by atomic mass is 10.1. The van der Waals surface area contributed by atoms with E-state index in [4.69, 9.17) is 0 Å². The number of rotatable bonds is 6. The minimum Gasteiger partial charge on any atom is -0.319 e. The Morgan fingerprint density at radius 3 is 2.81 bits per heavy atom. The normalized spacial score (nSPS) is 14.8. The number of amides is 1. The maximum Gasteiger partial charge on any atom is 0.277 e. The summed E-state index contributed by atoms with van der Waals surface area (Å²) in [6.45, 7) is 1.75. The van der Waals surface area contributed by atoms with Gasteiger partial charge in [-0.25, -0.2) is 17.9 Å². The second kappa shape index (κ2) is 9.95. The highest BCUT2D eigenvalue weighted by atomic mass is 35.5. The van der Waals surface area contributed by atoms with Gasteiger partial charge in [0.15, 0.2) is 5.69 Å². The molecule has 0 unspecified atom stereocenters. The first-order chi connectivity index (χ1) is 12.5. The Morgan fingerprint density at radius 1 is 1.37 bits per heavy atom. The number of thioether (sulfide) groups is 1. The van der Waals surface area contributed by atoms with Crippen molar-refractivity contribution in [1.82, 2.24) is 20.3 Å². The van der Waals surface area contributed by atoms with Crippen LogP contribution in [0.25, 0.3) is 0 Å². The van der Waals surface area contributed by atoms with Crippen LogP contribution >= 0.6 is 24.2 Å². The smallest absolute Gasteiger partial charge is 0.277 e. The Morgan fingerprint density at radius 2 is 2.11 bits per heavy atom. The number of piperidine rings is 1. The van der Waals surface area contributed by atoms with Crippen LogP contribution in [0.3, 0.4) is 0 Å². The van der Waals surface area contributed by atoms with Crippen molar-refractivity contribution >= 4 is 35.8 Å². The average molecular weight is 422 g/mol. The fourth-order valence-electron chi connectivity index (χ4n) is 2.70. The predicted molar refractivity (Wildman–Crippen MR) is 99.5 cm³/mol. The summed E-state index contributed by atoms with van der Waals surface area (Å²) in [6, 6.07) is 3.81. The van der Waals surface area contributed by atoms with Gasteiger partial charge in [-0.2, -0.15) is 0 Å². The number of carbonyl (C=O) groups excluding carboxylic acids is 1. The molecule has 1 aliphatic heterocycles. The first kappa shape index (κ1) is 21.5. The van der Waals surface area contributed by atoms with E-state index in [1.54, 1.807) is 10.9 Å². The van der Waals surface area contributed by atoms with E-state index in [-0.39, 0.29) is 29.8 Å². The Balaban J connectivity index is 0.00000261. The highest BCUT2D eigenvalue weighted by molar-refractivity contribution is 7.99. The number of hydrogen-bond donors (Lipinski definition) is 2. The van der Waals surface area contributed by atoms with Gasteiger partial charge >= 0.3 is 0 Å². The predicted octanol–water partition coefficient (Wildman–Crippen LogP) is 3.37. The Bertz CT molecular complexity index is 770. The van der Waals surface area contributed by atoms with Gasteiger partial charge in [-0.15, -0.1) is 29.3 Å². The second-order valence-corrected chi connectivity index (χ2v) is 6.92. The highest BCUT2D eigenvalue weighted by Crippen LogP contribution is 2.29. The maximum atomic E-state index is 13.5. The van der Waals surface area contributed by atoms with Crippen LogP contribution in [-0.2, 0) is 0 Å². The van der Waals surface area contributed by atoms with E-state index >= 15 is 0 Å². The van der Waals surface area contributed by atoms with Crippen molar-refractivity contribution in [3.8, 4) is 0 Å². The number of aromatic nitrogens is 3.